The molecule has 5 nitrogen and oxygen atoms in total. The van der Waals surface area contributed by atoms with Crippen LogP contribution in [0.2, 0.25) is 10.0 Å². The molecule has 0 atom stereocenters. The Labute approximate surface area is 217 Å². The molecule has 0 spiro atoms. The fourth-order valence-corrected chi connectivity index (χ4v) is 5.25. The first-order chi connectivity index (χ1) is 15.6. The zero-order chi connectivity index (χ0) is 24.3. The van der Waals surface area contributed by atoms with Crippen molar-refractivity contribution in [2.75, 3.05) is 7.11 Å². The second-order valence-corrected chi connectivity index (χ2v) is 10.6. The van der Waals surface area contributed by atoms with Crippen molar-refractivity contribution < 1.29 is 14.3 Å². The van der Waals surface area contributed by atoms with Crippen molar-refractivity contribution in [3.63, 3.8) is 0 Å². The summed E-state index contributed by atoms with van der Waals surface area (Å²) in [6.45, 7) is 8.21. The monoisotopic (exact) mass is 570 g/mol. The standard InChI is InChI=1S/C24H25BrCl2N2O3S/c1-13(2)28-24-29(14(3)4)23(30)22(33-24)9-16-8-20(31-5)21(11-18(16)25)32-12-15-6-7-17(26)10-19(15)27/h6-11,13-14H,12H2,1-5H3/b22-9+,28-24?. The van der Waals surface area contributed by atoms with Crippen LogP contribution in [0.25, 0.3) is 6.08 Å². The number of hydrogen-bond acceptors (Lipinski definition) is 5. The molecule has 0 aromatic heterocycles. The van der Waals surface area contributed by atoms with Crippen molar-refractivity contribution in [3.05, 3.63) is 60.9 Å². The number of hydrogen-bond donors (Lipinski definition) is 0. The van der Waals surface area contributed by atoms with Gasteiger partial charge in [0.15, 0.2) is 16.7 Å². The minimum Gasteiger partial charge on any atom is -0.493 e. The third kappa shape index (κ3) is 6.27. The average Bonchev–Trinajstić information content (AvgIpc) is 3.03. The van der Waals surface area contributed by atoms with Gasteiger partial charge in [0.2, 0.25) is 0 Å². The number of amidine groups is 1. The van der Waals surface area contributed by atoms with E-state index >= 15 is 0 Å². The lowest BCUT2D eigenvalue weighted by molar-refractivity contribution is -0.123. The van der Waals surface area contributed by atoms with E-state index in [9.17, 15) is 4.79 Å². The molecule has 0 unspecified atom stereocenters. The van der Waals surface area contributed by atoms with Crippen LogP contribution in [0.5, 0.6) is 11.5 Å². The highest BCUT2D eigenvalue weighted by molar-refractivity contribution is 9.10. The van der Waals surface area contributed by atoms with Gasteiger partial charge < -0.3 is 9.47 Å². The van der Waals surface area contributed by atoms with Gasteiger partial charge in [0.05, 0.1) is 12.0 Å². The highest BCUT2D eigenvalue weighted by Crippen LogP contribution is 2.39. The van der Waals surface area contributed by atoms with Crippen molar-refractivity contribution in [2.24, 2.45) is 4.99 Å². The Morgan fingerprint density at radius 1 is 1.15 bits per heavy atom. The number of ether oxygens (including phenoxy) is 2. The molecule has 176 valence electrons. The van der Waals surface area contributed by atoms with Crippen LogP contribution >= 0.6 is 50.9 Å². The molecular weight excluding hydrogens is 547 g/mol. The maximum Gasteiger partial charge on any atom is 0.266 e. The molecule has 0 bridgehead atoms. The second-order valence-electron chi connectivity index (χ2n) is 7.93. The van der Waals surface area contributed by atoms with Gasteiger partial charge in [-0.3, -0.25) is 14.7 Å². The quantitative estimate of drug-likeness (QED) is 0.324. The number of methoxy groups -OCH3 is 1. The van der Waals surface area contributed by atoms with Crippen LogP contribution in [-0.2, 0) is 11.4 Å². The Bertz CT molecular complexity index is 1120. The molecule has 1 amide bonds. The van der Waals surface area contributed by atoms with Gasteiger partial charge in [-0.2, -0.15) is 0 Å². The molecule has 33 heavy (non-hydrogen) atoms. The van der Waals surface area contributed by atoms with Crippen LogP contribution in [0.3, 0.4) is 0 Å². The maximum absolute atomic E-state index is 13.1. The summed E-state index contributed by atoms with van der Waals surface area (Å²) in [4.78, 5) is 20.0. The molecule has 1 aliphatic heterocycles. The van der Waals surface area contributed by atoms with Crippen molar-refractivity contribution in [2.45, 2.75) is 46.4 Å². The fourth-order valence-electron chi connectivity index (χ4n) is 3.12. The van der Waals surface area contributed by atoms with Gasteiger partial charge in [-0.15, -0.1) is 0 Å². The van der Waals surface area contributed by atoms with E-state index in [1.165, 1.54) is 11.8 Å². The van der Waals surface area contributed by atoms with Gasteiger partial charge in [-0.25, -0.2) is 0 Å². The Morgan fingerprint density at radius 3 is 2.48 bits per heavy atom. The zero-order valence-corrected chi connectivity index (χ0v) is 22.9. The smallest absolute Gasteiger partial charge is 0.266 e. The summed E-state index contributed by atoms with van der Waals surface area (Å²) in [7, 11) is 1.58. The third-order valence-corrected chi connectivity index (χ3v) is 6.96. The number of benzene rings is 2. The Hall–Kier alpha value is -1.67. The van der Waals surface area contributed by atoms with Crippen LogP contribution < -0.4 is 9.47 Å². The summed E-state index contributed by atoms with van der Waals surface area (Å²) >= 11 is 17.2. The molecule has 1 fully saturated rings. The Balaban J connectivity index is 1.89. The molecule has 0 aliphatic carbocycles. The van der Waals surface area contributed by atoms with E-state index in [1.54, 1.807) is 24.1 Å². The normalized spacial score (nSPS) is 16.5. The minimum atomic E-state index is -0.0574. The SMILES string of the molecule is COc1cc(/C=C2/SC(=NC(C)C)N(C(C)C)C2=O)c(Br)cc1OCc1ccc(Cl)cc1Cl. The van der Waals surface area contributed by atoms with E-state index in [0.29, 0.717) is 26.4 Å². The predicted molar refractivity (Wildman–Crippen MR) is 142 cm³/mol. The van der Waals surface area contributed by atoms with Crippen LogP contribution in [0.4, 0.5) is 0 Å². The van der Waals surface area contributed by atoms with E-state index < -0.39 is 0 Å². The number of carbonyl (C=O) groups is 1. The number of rotatable bonds is 7. The molecule has 1 saturated heterocycles. The summed E-state index contributed by atoms with van der Waals surface area (Å²) in [6, 6.07) is 9.04. The number of carbonyl (C=O) groups excluding carboxylic acids is 1. The number of aliphatic imine (C=N–C) groups is 1. The first kappa shape index (κ1) is 25.9. The molecule has 2 aromatic rings. The van der Waals surface area contributed by atoms with Gasteiger partial charge in [-0.1, -0.05) is 45.2 Å². The Morgan fingerprint density at radius 2 is 1.88 bits per heavy atom. The predicted octanol–water partition coefficient (Wildman–Crippen LogP) is 7.43. The summed E-state index contributed by atoms with van der Waals surface area (Å²) < 4.78 is 12.3. The number of nitrogens with zero attached hydrogens (tertiary/aromatic N) is 2. The van der Waals surface area contributed by atoms with Crippen molar-refractivity contribution in [3.8, 4) is 11.5 Å². The van der Waals surface area contributed by atoms with Gasteiger partial charge in [0, 0.05) is 32.2 Å². The summed E-state index contributed by atoms with van der Waals surface area (Å²) in [5.74, 6) is 1.04. The van der Waals surface area contributed by atoms with Gasteiger partial charge >= 0.3 is 0 Å². The fraction of sp³-hybridized carbons (Fsp3) is 0.333. The van der Waals surface area contributed by atoms with E-state index in [0.717, 1.165) is 20.8 Å². The number of amides is 1. The van der Waals surface area contributed by atoms with Gasteiger partial charge in [0.25, 0.3) is 5.91 Å². The lowest BCUT2D eigenvalue weighted by Crippen LogP contribution is -2.35. The molecule has 1 aliphatic rings. The minimum absolute atomic E-state index is 0.0156. The molecule has 3 rings (SSSR count). The molecule has 2 aromatic carbocycles. The number of halogens is 3. The first-order valence-electron chi connectivity index (χ1n) is 10.4. The van der Waals surface area contributed by atoms with Crippen LogP contribution in [-0.4, -0.2) is 35.2 Å². The van der Waals surface area contributed by atoms with E-state index in [-0.39, 0.29) is 24.6 Å². The highest BCUT2D eigenvalue weighted by Gasteiger charge is 2.35. The van der Waals surface area contributed by atoms with E-state index in [4.69, 9.17) is 32.7 Å². The van der Waals surface area contributed by atoms with Crippen LogP contribution in [0, 0.1) is 0 Å². The molecular formula is C24H25BrCl2N2O3S. The number of thioether (sulfide) groups is 1. The lowest BCUT2D eigenvalue weighted by atomic mass is 10.1. The topological polar surface area (TPSA) is 51.1 Å². The molecule has 0 radical (unpaired) electrons. The molecule has 1 heterocycles. The largest absolute Gasteiger partial charge is 0.493 e. The molecule has 9 heteroatoms. The molecule has 0 saturated carbocycles. The highest BCUT2D eigenvalue weighted by atomic mass is 79.9. The summed E-state index contributed by atoms with van der Waals surface area (Å²) in [5.41, 5.74) is 1.61. The van der Waals surface area contributed by atoms with Crippen molar-refractivity contribution in [1.29, 1.82) is 0 Å². The van der Waals surface area contributed by atoms with Crippen molar-refractivity contribution in [1.82, 2.24) is 4.90 Å². The van der Waals surface area contributed by atoms with Crippen molar-refractivity contribution >= 4 is 68.0 Å². The molecule has 0 N–H and O–H groups in total. The van der Waals surface area contributed by atoms with Crippen LogP contribution in [0.1, 0.15) is 38.8 Å². The summed E-state index contributed by atoms with van der Waals surface area (Å²) in [5, 5.41) is 1.82. The zero-order valence-electron chi connectivity index (χ0n) is 19.0. The first-order valence-corrected chi connectivity index (χ1v) is 12.7. The lowest BCUT2D eigenvalue weighted by Gasteiger charge is -2.20. The summed E-state index contributed by atoms with van der Waals surface area (Å²) in [6.07, 6.45) is 1.84. The van der Waals surface area contributed by atoms with Gasteiger partial charge in [-0.05, 0) is 75.4 Å². The van der Waals surface area contributed by atoms with Crippen LogP contribution in [0.15, 0.2) is 44.7 Å². The average molecular weight is 572 g/mol. The van der Waals surface area contributed by atoms with Gasteiger partial charge in [0.1, 0.15) is 6.61 Å². The van der Waals surface area contributed by atoms with E-state index in [2.05, 4.69) is 20.9 Å². The van der Waals surface area contributed by atoms with E-state index in [1.807, 2.05) is 52.0 Å². The Kier molecular flexibility index (Phi) is 8.78. The third-order valence-electron chi connectivity index (χ3n) is 4.69. The second kappa shape index (κ2) is 11.2. The maximum atomic E-state index is 13.1.